The molecule has 1 aromatic heterocycles. The number of urea groups is 1. The minimum Gasteiger partial charge on any atom is -0.480 e. The van der Waals surface area contributed by atoms with Gasteiger partial charge in [-0.3, -0.25) is 5.32 Å². The molecular weight excluding hydrogens is 244 g/mol. The predicted molar refractivity (Wildman–Crippen MR) is 63.2 cm³/mol. The second-order valence-corrected chi connectivity index (χ2v) is 4.93. The molecule has 1 aromatic rings. The van der Waals surface area contributed by atoms with E-state index in [1.807, 2.05) is 6.92 Å². The van der Waals surface area contributed by atoms with Gasteiger partial charge in [-0.05, 0) is 20.3 Å². The fourth-order valence-corrected chi connectivity index (χ4v) is 1.59. The molecule has 17 heavy (non-hydrogen) atoms. The van der Waals surface area contributed by atoms with Crippen LogP contribution in [-0.2, 0) is 11.2 Å². The lowest BCUT2D eigenvalue weighted by molar-refractivity contribution is -0.142. The number of carboxylic acids is 1. The van der Waals surface area contributed by atoms with Crippen LogP contribution in [0.5, 0.6) is 0 Å². The van der Waals surface area contributed by atoms with Crippen LogP contribution in [0.15, 0.2) is 0 Å². The maximum Gasteiger partial charge on any atom is 0.328 e. The van der Waals surface area contributed by atoms with Crippen LogP contribution in [0.3, 0.4) is 0 Å². The van der Waals surface area contributed by atoms with Gasteiger partial charge in [0.15, 0.2) is 0 Å². The number of carboxylic acid groups (broad SMARTS) is 1. The molecule has 94 valence electrons. The first-order chi connectivity index (χ1) is 7.85. The average Bonchev–Trinajstić information content (AvgIpc) is 2.64. The molecule has 0 atom stereocenters. The molecule has 0 aromatic carbocycles. The number of aliphatic carboxylic acids is 1. The van der Waals surface area contributed by atoms with Crippen LogP contribution in [0.2, 0.25) is 0 Å². The number of carbonyl (C=O) groups is 2. The Kier molecular flexibility index (Phi) is 4.00. The van der Waals surface area contributed by atoms with E-state index in [9.17, 15) is 9.59 Å². The summed E-state index contributed by atoms with van der Waals surface area (Å²) in [5.41, 5.74) is -1.33. The molecular formula is C9H14N4O3S. The third-order valence-electron chi connectivity index (χ3n) is 1.95. The normalized spacial score (nSPS) is 11.0. The van der Waals surface area contributed by atoms with Crippen LogP contribution in [-0.4, -0.2) is 32.8 Å². The molecule has 0 bridgehead atoms. The van der Waals surface area contributed by atoms with Crippen molar-refractivity contribution in [3.05, 3.63) is 5.01 Å². The van der Waals surface area contributed by atoms with Crippen LogP contribution in [0, 0.1) is 0 Å². The van der Waals surface area contributed by atoms with Crippen molar-refractivity contribution in [2.24, 2.45) is 0 Å². The van der Waals surface area contributed by atoms with Crippen LogP contribution < -0.4 is 10.6 Å². The van der Waals surface area contributed by atoms with Crippen molar-refractivity contribution < 1.29 is 14.7 Å². The number of rotatable bonds is 4. The van der Waals surface area contributed by atoms with E-state index in [0.29, 0.717) is 5.13 Å². The van der Waals surface area contributed by atoms with Crippen LogP contribution in [0.1, 0.15) is 25.8 Å². The van der Waals surface area contributed by atoms with Crippen molar-refractivity contribution >= 4 is 28.5 Å². The molecule has 0 spiro atoms. The lowest BCUT2D eigenvalue weighted by Gasteiger charge is -2.20. The van der Waals surface area contributed by atoms with E-state index in [2.05, 4.69) is 20.8 Å². The number of anilines is 1. The van der Waals surface area contributed by atoms with Crippen molar-refractivity contribution in [2.45, 2.75) is 32.7 Å². The zero-order chi connectivity index (χ0) is 13.1. The van der Waals surface area contributed by atoms with Crippen molar-refractivity contribution in [1.29, 1.82) is 0 Å². The van der Waals surface area contributed by atoms with Crippen molar-refractivity contribution in [2.75, 3.05) is 5.32 Å². The second-order valence-electron chi connectivity index (χ2n) is 3.86. The molecule has 0 saturated heterocycles. The smallest absolute Gasteiger partial charge is 0.328 e. The first kappa shape index (κ1) is 13.4. The summed E-state index contributed by atoms with van der Waals surface area (Å²) in [5, 5.41) is 22.3. The van der Waals surface area contributed by atoms with Gasteiger partial charge in [-0.1, -0.05) is 18.3 Å². The molecule has 0 fully saturated rings. The number of hydrogen-bond acceptors (Lipinski definition) is 5. The Balaban J connectivity index is 2.58. The highest BCUT2D eigenvalue weighted by Gasteiger charge is 2.29. The molecule has 7 nitrogen and oxygen atoms in total. The Morgan fingerprint density at radius 2 is 2.06 bits per heavy atom. The lowest BCUT2D eigenvalue weighted by Crippen LogP contribution is -2.51. The molecule has 2 amide bonds. The highest BCUT2D eigenvalue weighted by Crippen LogP contribution is 2.15. The molecule has 0 unspecified atom stereocenters. The SMILES string of the molecule is CCc1nnc(NC(=O)NC(C)(C)C(=O)O)s1. The fourth-order valence-electron chi connectivity index (χ4n) is 0.913. The van der Waals surface area contributed by atoms with Gasteiger partial charge in [0.05, 0.1) is 0 Å². The van der Waals surface area contributed by atoms with E-state index in [1.165, 1.54) is 25.2 Å². The van der Waals surface area contributed by atoms with Gasteiger partial charge in [0.2, 0.25) is 5.13 Å². The number of hydrogen-bond donors (Lipinski definition) is 3. The monoisotopic (exact) mass is 258 g/mol. The summed E-state index contributed by atoms with van der Waals surface area (Å²) in [6.45, 7) is 4.72. The third kappa shape index (κ3) is 3.66. The number of aromatic nitrogens is 2. The summed E-state index contributed by atoms with van der Waals surface area (Å²) in [4.78, 5) is 22.3. The Morgan fingerprint density at radius 1 is 1.41 bits per heavy atom. The van der Waals surface area contributed by atoms with Crippen molar-refractivity contribution in [3.63, 3.8) is 0 Å². The number of amides is 2. The van der Waals surface area contributed by atoms with E-state index in [4.69, 9.17) is 5.11 Å². The van der Waals surface area contributed by atoms with E-state index < -0.39 is 17.5 Å². The van der Waals surface area contributed by atoms with E-state index in [-0.39, 0.29) is 0 Å². The molecule has 0 aliphatic heterocycles. The summed E-state index contributed by atoms with van der Waals surface area (Å²) in [7, 11) is 0. The molecule has 8 heteroatoms. The Morgan fingerprint density at radius 3 is 2.53 bits per heavy atom. The van der Waals surface area contributed by atoms with E-state index in [0.717, 1.165) is 11.4 Å². The number of carbonyl (C=O) groups excluding carboxylic acids is 1. The molecule has 3 N–H and O–H groups in total. The minimum atomic E-state index is -1.33. The number of nitrogens with zero attached hydrogens (tertiary/aromatic N) is 2. The van der Waals surface area contributed by atoms with Crippen molar-refractivity contribution in [3.8, 4) is 0 Å². The summed E-state index contributed by atoms with van der Waals surface area (Å²) in [6.07, 6.45) is 0.738. The third-order valence-corrected chi connectivity index (χ3v) is 2.93. The number of aryl methyl sites for hydroxylation is 1. The Labute approximate surface area is 102 Å². The topological polar surface area (TPSA) is 104 Å². The zero-order valence-corrected chi connectivity index (χ0v) is 10.6. The van der Waals surface area contributed by atoms with Gasteiger partial charge in [-0.25, -0.2) is 9.59 Å². The Bertz CT molecular complexity index is 430. The highest BCUT2D eigenvalue weighted by molar-refractivity contribution is 7.15. The predicted octanol–water partition coefficient (Wildman–Crippen LogP) is 1.09. The van der Waals surface area contributed by atoms with Gasteiger partial charge in [-0.2, -0.15) is 0 Å². The van der Waals surface area contributed by atoms with E-state index in [1.54, 1.807) is 0 Å². The van der Waals surface area contributed by atoms with Gasteiger partial charge in [0.25, 0.3) is 0 Å². The molecule has 0 radical (unpaired) electrons. The first-order valence-electron chi connectivity index (χ1n) is 5.00. The zero-order valence-electron chi connectivity index (χ0n) is 9.77. The summed E-state index contributed by atoms with van der Waals surface area (Å²) >= 11 is 1.25. The molecule has 0 aliphatic rings. The first-order valence-corrected chi connectivity index (χ1v) is 5.81. The van der Waals surface area contributed by atoms with E-state index >= 15 is 0 Å². The number of nitrogens with one attached hydrogen (secondary N) is 2. The molecule has 1 heterocycles. The van der Waals surface area contributed by atoms with Crippen LogP contribution in [0.4, 0.5) is 9.93 Å². The fraction of sp³-hybridized carbons (Fsp3) is 0.556. The van der Waals surface area contributed by atoms with Crippen LogP contribution >= 0.6 is 11.3 Å². The minimum absolute atomic E-state index is 0.348. The highest BCUT2D eigenvalue weighted by atomic mass is 32.1. The molecule has 0 aliphatic carbocycles. The van der Waals surface area contributed by atoms with Gasteiger partial charge in [-0.15, -0.1) is 10.2 Å². The maximum atomic E-state index is 11.5. The molecule has 1 rings (SSSR count). The van der Waals surface area contributed by atoms with Crippen molar-refractivity contribution in [1.82, 2.24) is 15.5 Å². The second kappa shape index (κ2) is 5.09. The lowest BCUT2D eigenvalue weighted by atomic mass is 10.1. The Hall–Kier alpha value is -1.70. The summed E-state index contributed by atoms with van der Waals surface area (Å²) in [5.74, 6) is -1.11. The van der Waals surface area contributed by atoms with Gasteiger partial charge in [0, 0.05) is 0 Å². The van der Waals surface area contributed by atoms with Gasteiger partial charge >= 0.3 is 12.0 Å². The average molecular weight is 258 g/mol. The maximum absolute atomic E-state index is 11.5. The van der Waals surface area contributed by atoms with Crippen LogP contribution in [0.25, 0.3) is 0 Å². The largest absolute Gasteiger partial charge is 0.480 e. The summed E-state index contributed by atoms with van der Waals surface area (Å²) in [6, 6.07) is -0.615. The molecule has 0 saturated carbocycles. The van der Waals surface area contributed by atoms with Gasteiger partial charge < -0.3 is 10.4 Å². The quantitative estimate of drug-likeness (QED) is 0.749. The summed E-state index contributed by atoms with van der Waals surface area (Å²) < 4.78 is 0. The standard InChI is InChI=1S/C9H14N4O3S/c1-4-5-12-13-8(17-5)10-7(16)11-9(2,3)6(14)15/h4H2,1-3H3,(H,14,15)(H2,10,11,13,16). The van der Waals surface area contributed by atoms with Gasteiger partial charge in [0.1, 0.15) is 10.5 Å².